The molecule has 0 aromatic rings. The van der Waals surface area contributed by atoms with Crippen molar-refractivity contribution in [3.05, 3.63) is 0 Å². The van der Waals surface area contributed by atoms with Crippen LogP contribution in [0.3, 0.4) is 0 Å². The van der Waals surface area contributed by atoms with Gasteiger partial charge >= 0.3 is 16.4 Å². The molecule has 3 heterocycles. The Kier molecular flexibility index (Phi) is 5.46. The van der Waals surface area contributed by atoms with E-state index in [1.807, 2.05) is 0 Å². The first-order chi connectivity index (χ1) is 12.2. The first-order valence-corrected chi connectivity index (χ1v) is 9.99. The Morgan fingerprint density at radius 1 is 1.35 bits per heavy atom. The zero-order chi connectivity index (χ0) is 18.9. The fourth-order valence-electron chi connectivity index (χ4n) is 3.74. The van der Waals surface area contributed by atoms with Crippen molar-refractivity contribution in [2.45, 2.75) is 56.7 Å². The zero-order valence-electron chi connectivity index (χ0n) is 14.2. The number of nitrogens with one attached hydrogen (secondary N) is 3. The normalized spacial score (nSPS) is 29.0. The predicted octanol–water partition coefficient (Wildman–Crippen LogP) is -0.385. The van der Waals surface area contributed by atoms with Crippen LogP contribution in [0.5, 0.6) is 0 Å². The Bertz CT molecular complexity index is 692. The van der Waals surface area contributed by atoms with Gasteiger partial charge in [0.1, 0.15) is 5.84 Å². The molecule has 3 rings (SSSR count). The molecule has 0 aromatic carbocycles. The topological polar surface area (TPSA) is 152 Å². The standard InChI is InChI=1S/C14H23N5O6S/c15-13(17-12(20)7-9-3-1-2-6-16-9)11-5-4-10-8-18(11)14(21)19(10)25-26(22,23)24/h9-11,16H,1-8H2,(H2,15,17,20)(H,22,23,24). The van der Waals surface area contributed by atoms with Gasteiger partial charge in [0.15, 0.2) is 0 Å². The molecular formula is C14H23N5O6S. The molecule has 12 heteroatoms. The minimum atomic E-state index is -4.80. The van der Waals surface area contributed by atoms with Crippen molar-refractivity contribution in [1.29, 1.82) is 5.41 Å². The van der Waals surface area contributed by atoms with Gasteiger partial charge in [0.25, 0.3) is 0 Å². The molecule has 146 valence electrons. The predicted molar refractivity (Wildman–Crippen MR) is 89.5 cm³/mol. The van der Waals surface area contributed by atoms with Crippen LogP contribution in [0.15, 0.2) is 0 Å². The number of rotatable bonds is 5. The van der Waals surface area contributed by atoms with Crippen LogP contribution in [-0.4, -0.2) is 71.9 Å². The maximum Gasteiger partial charge on any atom is 0.418 e. The summed E-state index contributed by atoms with van der Waals surface area (Å²) in [7, 11) is -4.80. The lowest BCUT2D eigenvalue weighted by Gasteiger charge is -2.31. The van der Waals surface area contributed by atoms with Crippen molar-refractivity contribution in [2.24, 2.45) is 0 Å². The average Bonchev–Trinajstić information content (AvgIpc) is 2.79. The number of piperidine rings is 2. The van der Waals surface area contributed by atoms with Crippen molar-refractivity contribution < 1.29 is 26.8 Å². The van der Waals surface area contributed by atoms with E-state index in [2.05, 4.69) is 14.9 Å². The molecule has 2 bridgehead atoms. The van der Waals surface area contributed by atoms with Crippen molar-refractivity contribution in [2.75, 3.05) is 13.1 Å². The third kappa shape index (κ3) is 4.31. The summed E-state index contributed by atoms with van der Waals surface area (Å²) in [6, 6.07) is -1.82. The summed E-state index contributed by atoms with van der Waals surface area (Å²) >= 11 is 0. The number of amides is 3. The molecular weight excluding hydrogens is 366 g/mol. The smallest absolute Gasteiger partial charge is 0.313 e. The molecule has 4 N–H and O–H groups in total. The van der Waals surface area contributed by atoms with Gasteiger partial charge in [-0.2, -0.15) is 13.5 Å². The maximum absolute atomic E-state index is 12.3. The summed E-state index contributed by atoms with van der Waals surface area (Å²) in [5.41, 5.74) is 0. The molecule has 0 aliphatic carbocycles. The van der Waals surface area contributed by atoms with Gasteiger partial charge in [-0.15, -0.1) is 4.28 Å². The van der Waals surface area contributed by atoms with E-state index in [1.54, 1.807) is 0 Å². The van der Waals surface area contributed by atoms with E-state index in [-0.39, 0.29) is 30.8 Å². The first-order valence-electron chi connectivity index (χ1n) is 8.63. The SMILES string of the molecule is N=C(NC(=O)CC1CCCCN1)C1CCC2CN1C(=O)N2OS(=O)(=O)O. The van der Waals surface area contributed by atoms with Gasteiger partial charge in [-0.3, -0.25) is 14.8 Å². The van der Waals surface area contributed by atoms with E-state index in [4.69, 9.17) is 9.96 Å². The van der Waals surface area contributed by atoms with Crippen LogP contribution >= 0.6 is 0 Å². The van der Waals surface area contributed by atoms with E-state index >= 15 is 0 Å². The molecule has 3 fully saturated rings. The number of fused-ring (bicyclic) bond motifs is 2. The highest BCUT2D eigenvalue weighted by molar-refractivity contribution is 7.80. The Hall–Kier alpha value is -1.76. The monoisotopic (exact) mass is 389 g/mol. The average molecular weight is 389 g/mol. The number of hydrogen-bond acceptors (Lipinski definition) is 7. The number of carbonyl (C=O) groups is 2. The third-order valence-corrected chi connectivity index (χ3v) is 5.30. The molecule has 0 radical (unpaired) electrons. The number of hydroxylamine groups is 2. The van der Waals surface area contributed by atoms with Gasteiger partial charge in [-0.1, -0.05) is 6.42 Å². The van der Waals surface area contributed by atoms with E-state index in [1.165, 1.54) is 4.90 Å². The van der Waals surface area contributed by atoms with Crippen molar-refractivity contribution in [3.8, 4) is 0 Å². The minimum absolute atomic E-state index is 0.0914. The van der Waals surface area contributed by atoms with E-state index < -0.39 is 28.5 Å². The molecule has 26 heavy (non-hydrogen) atoms. The summed E-state index contributed by atoms with van der Waals surface area (Å²) < 4.78 is 34.9. The molecule has 3 amide bonds. The lowest BCUT2D eigenvalue weighted by atomic mass is 9.99. The van der Waals surface area contributed by atoms with E-state index in [0.29, 0.717) is 17.9 Å². The van der Waals surface area contributed by atoms with Crippen LogP contribution in [0.2, 0.25) is 0 Å². The maximum atomic E-state index is 12.3. The molecule has 0 spiro atoms. The van der Waals surface area contributed by atoms with Crippen molar-refractivity contribution in [1.82, 2.24) is 20.6 Å². The van der Waals surface area contributed by atoms with Crippen LogP contribution in [0.1, 0.15) is 38.5 Å². The summed E-state index contributed by atoms with van der Waals surface area (Å²) in [5, 5.41) is 14.6. The van der Waals surface area contributed by atoms with Gasteiger partial charge < -0.3 is 15.5 Å². The second-order valence-electron chi connectivity index (χ2n) is 6.82. The number of amidine groups is 1. The van der Waals surface area contributed by atoms with Crippen LogP contribution in [-0.2, 0) is 19.5 Å². The van der Waals surface area contributed by atoms with Crippen molar-refractivity contribution in [3.63, 3.8) is 0 Å². The highest BCUT2D eigenvalue weighted by atomic mass is 32.3. The lowest BCUT2D eigenvalue weighted by Crippen LogP contribution is -2.51. The molecule has 3 atom stereocenters. The quantitative estimate of drug-likeness (QED) is 0.284. The fraction of sp³-hybridized carbons (Fsp3) is 0.786. The Balaban J connectivity index is 1.57. The molecule has 3 unspecified atom stereocenters. The molecule has 3 aliphatic rings. The summed E-state index contributed by atoms with van der Waals surface area (Å²) in [6.45, 7) is 1.05. The molecule has 3 aliphatic heterocycles. The number of carbonyl (C=O) groups excluding carboxylic acids is 2. The van der Waals surface area contributed by atoms with Crippen LogP contribution < -0.4 is 10.6 Å². The Morgan fingerprint density at radius 2 is 2.12 bits per heavy atom. The minimum Gasteiger partial charge on any atom is -0.313 e. The fourth-order valence-corrected chi connectivity index (χ4v) is 4.13. The largest absolute Gasteiger partial charge is 0.418 e. The highest BCUT2D eigenvalue weighted by Gasteiger charge is 2.48. The van der Waals surface area contributed by atoms with Gasteiger partial charge in [0.05, 0.1) is 12.1 Å². The summed E-state index contributed by atoms with van der Waals surface area (Å²) in [5.74, 6) is -0.375. The number of hydrogen-bond donors (Lipinski definition) is 4. The number of nitrogens with zero attached hydrogens (tertiary/aromatic N) is 2. The molecule has 0 aromatic heterocycles. The van der Waals surface area contributed by atoms with Crippen LogP contribution in [0, 0.1) is 5.41 Å². The first kappa shape index (κ1) is 19.0. The van der Waals surface area contributed by atoms with Crippen molar-refractivity contribution >= 4 is 28.2 Å². The lowest BCUT2D eigenvalue weighted by molar-refractivity contribution is -0.120. The van der Waals surface area contributed by atoms with Crippen LogP contribution in [0.25, 0.3) is 0 Å². The number of urea groups is 1. The Labute approximate surface area is 151 Å². The molecule has 0 saturated carbocycles. The third-order valence-electron chi connectivity index (χ3n) is 4.95. The summed E-state index contributed by atoms with van der Waals surface area (Å²) in [6.07, 6.45) is 4.13. The van der Waals surface area contributed by atoms with Gasteiger partial charge in [-0.25, -0.2) is 4.79 Å². The van der Waals surface area contributed by atoms with Gasteiger partial charge in [0.2, 0.25) is 5.91 Å². The highest BCUT2D eigenvalue weighted by Crippen LogP contribution is 2.30. The van der Waals surface area contributed by atoms with E-state index in [9.17, 15) is 18.0 Å². The molecule has 3 saturated heterocycles. The Morgan fingerprint density at radius 3 is 2.77 bits per heavy atom. The van der Waals surface area contributed by atoms with E-state index in [0.717, 1.165) is 25.8 Å². The van der Waals surface area contributed by atoms with Gasteiger partial charge in [0, 0.05) is 19.0 Å². The zero-order valence-corrected chi connectivity index (χ0v) is 15.0. The summed E-state index contributed by atoms with van der Waals surface area (Å²) in [4.78, 5) is 25.8. The molecule has 11 nitrogen and oxygen atoms in total. The van der Waals surface area contributed by atoms with Crippen LogP contribution in [0.4, 0.5) is 4.79 Å². The second kappa shape index (κ2) is 7.47. The van der Waals surface area contributed by atoms with Gasteiger partial charge in [-0.05, 0) is 32.2 Å². The second-order valence-corrected chi connectivity index (χ2v) is 7.83.